The van der Waals surface area contributed by atoms with Crippen LogP contribution in [0.15, 0.2) is 18.3 Å². The topological polar surface area (TPSA) is 36.4 Å². The maximum atomic E-state index is 9.58. The van der Waals surface area contributed by atoms with Crippen LogP contribution >= 0.6 is 0 Å². The third kappa shape index (κ3) is 3.19. The van der Waals surface area contributed by atoms with Crippen molar-refractivity contribution in [3.63, 3.8) is 0 Å². The van der Waals surface area contributed by atoms with E-state index in [1.807, 2.05) is 20.0 Å². The Balaban J connectivity index is 2.15. The minimum Gasteiger partial charge on any atom is -0.393 e. The molecule has 1 fully saturated rings. The number of hydrogen-bond acceptors (Lipinski definition) is 3. The maximum Gasteiger partial charge on any atom is 0.0531 e. The van der Waals surface area contributed by atoms with Crippen LogP contribution in [-0.4, -0.2) is 28.8 Å². The number of pyridine rings is 1. The van der Waals surface area contributed by atoms with E-state index in [1.165, 1.54) is 24.9 Å². The lowest BCUT2D eigenvalue weighted by atomic mass is 9.96. The van der Waals surface area contributed by atoms with E-state index in [0.717, 1.165) is 18.7 Å². The first-order valence-corrected chi connectivity index (χ1v) is 6.54. The molecular weight excluding hydrogens is 212 g/mol. The molecule has 94 valence electrons. The average molecular weight is 234 g/mol. The second-order valence-corrected chi connectivity index (χ2v) is 5.08. The molecular formula is C14H22N2O. The summed E-state index contributed by atoms with van der Waals surface area (Å²) in [7, 11) is 0. The van der Waals surface area contributed by atoms with Crippen LogP contribution in [0.5, 0.6) is 0 Å². The zero-order valence-electron chi connectivity index (χ0n) is 10.8. The van der Waals surface area contributed by atoms with Gasteiger partial charge in [0.05, 0.1) is 6.10 Å². The molecule has 2 atom stereocenters. The summed E-state index contributed by atoms with van der Waals surface area (Å²) in [5.41, 5.74) is 2.31. The molecule has 0 bridgehead atoms. The summed E-state index contributed by atoms with van der Waals surface area (Å²) in [6.07, 6.45) is 6.23. The van der Waals surface area contributed by atoms with Crippen molar-refractivity contribution in [2.75, 3.05) is 11.4 Å². The zero-order valence-corrected chi connectivity index (χ0v) is 10.8. The van der Waals surface area contributed by atoms with E-state index in [-0.39, 0.29) is 6.10 Å². The smallest absolute Gasteiger partial charge is 0.0531 e. The SMILES string of the molecule is Cc1cc(N2CCCCC2CC(C)O)ccn1. The molecule has 1 aromatic rings. The van der Waals surface area contributed by atoms with Gasteiger partial charge in [-0.2, -0.15) is 0 Å². The summed E-state index contributed by atoms with van der Waals surface area (Å²) in [5, 5.41) is 9.58. The highest BCUT2D eigenvalue weighted by molar-refractivity contribution is 5.47. The molecule has 1 aliphatic heterocycles. The zero-order chi connectivity index (χ0) is 12.3. The van der Waals surface area contributed by atoms with Crippen molar-refractivity contribution in [3.05, 3.63) is 24.0 Å². The van der Waals surface area contributed by atoms with Gasteiger partial charge < -0.3 is 10.0 Å². The largest absolute Gasteiger partial charge is 0.393 e. The number of rotatable bonds is 3. The van der Waals surface area contributed by atoms with Crippen LogP contribution in [0.1, 0.15) is 38.3 Å². The number of aryl methyl sites for hydroxylation is 1. The second-order valence-electron chi connectivity index (χ2n) is 5.08. The van der Waals surface area contributed by atoms with E-state index in [1.54, 1.807) is 0 Å². The molecule has 0 spiro atoms. The van der Waals surface area contributed by atoms with Gasteiger partial charge in [-0.25, -0.2) is 0 Å². The fraction of sp³-hybridized carbons (Fsp3) is 0.643. The summed E-state index contributed by atoms with van der Waals surface area (Å²) in [6.45, 7) is 5.00. The van der Waals surface area contributed by atoms with Crippen molar-refractivity contribution in [2.45, 2.75) is 51.7 Å². The van der Waals surface area contributed by atoms with Crippen LogP contribution in [-0.2, 0) is 0 Å². The van der Waals surface area contributed by atoms with Gasteiger partial charge in [0, 0.05) is 30.2 Å². The first-order chi connectivity index (χ1) is 8.16. The van der Waals surface area contributed by atoms with Gasteiger partial charge in [0.15, 0.2) is 0 Å². The molecule has 17 heavy (non-hydrogen) atoms. The molecule has 0 aromatic carbocycles. The summed E-state index contributed by atoms with van der Waals surface area (Å²) in [5.74, 6) is 0. The van der Waals surface area contributed by atoms with E-state index >= 15 is 0 Å². The van der Waals surface area contributed by atoms with Crippen LogP contribution in [0.2, 0.25) is 0 Å². The summed E-state index contributed by atoms with van der Waals surface area (Å²) in [4.78, 5) is 6.68. The molecule has 1 aliphatic rings. The lowest BCUT2D eigenvalue weighted by Gasteiger charge is -2.38. The molecule has 2 rings (SSSR count). The quantitative estimate of drug-likeness (QED) is 0.873. The Bertz CT molecular complexity index is 365. The molecule has 1 aromatic heterocycles. The summed E-state index contributed by atoms with van der Waals surface area (Å²) in [6, 6.07) is 4.69. The van der Waals surface area contributed by atoms with Crippen LogP contribution in [0, 0.1) is 6.92 Å². The Kier molecular flexibility index (Phi) is 4.00. The van der Waals surface area contributed by atoms with E-state index < -0.39 is 0 Å². The van der Waals surface area contributed by atoms with Gasteiger partial charge in [0.25, 0.3) is 0 Å². The molecule has 1 N–H and O–H groups in total. The number of nitrogens with zero attached hydrogens (tertiary/aromatic N) is 2. The Morgan fingerprint density at radius 1 is 1.53 bits per heavy atom. The number of aliphatic hydroxyl groups is 1. The first kappa shape index (κ1) is 12.4. The molecule has 3 nitrogen and oxygen atoms in total. The van der Waals surface area contributed by atoms with Gasteiger partial charge in [-0.1, -0.05) is 0 Å². The lowest BCUT2D eigenvalue weighted by Crippen LogP contribution is -2.41. The third-order valence-corrected chi connectivity index (χ3v) is 3.45. The number of aliphatic hydroxyl groups excluding tert-OH is 1. The van der Waals surface area contributed by atoms with Crippen molar-refractivity contribution < 1.29 is 5.11 Å². The van der Waals surface area contributed by atoms with Gasteiger partial charge in [-0.05, 0) is 51.7 Å². The Morgan fingerprint density at radius 2 is 2.35 bits per heavy atom. The van der Waals surface area contributed by atoms with E-state index in [2.05, 4.69) is 22.0 Å². The molecule has 0 aliphatic carbocycles. The second kappa shape index (κ2) is 5.50. The van der Waals surface area contributed by atoms with Gasteiger partial charge in [-0.3, -0.25) is 4.98 Å². The van der Waals surface area contributed by atoms with Crippen molar-refractivity contribution in [1.82, 2.24) is 4.98 Å². The summed E-state index contributed by atoms with van der Waals surface area (Å²) >= 11 is 0. The van der Waals surface area contributed by atoms with Crippen molar-refractivity contribution in [3.8, 4) is 0 Å². The third-order valence-electron chi connectivity index (χ3n) is 3.45. The minimum atomic E-state index is -0.219. The predicted molar refractivity (Wildman–Crippen MR) is 70.3 cm³/mol. The average Bonchev–Trinajstić information content (AvgIpc) is 2.29. The summed E-state index contributed by atoms with van der Waals surface area (Å²) < 4.78 is 0. The van der Waals surface area contributed by atoms with E-state index in [0.29, 0.717) is 6.04 Å². The number of hydrogen-bond donors (Lipinski definition) is 1. The van der Waals surface area contributed by atoms with Gasteiger partial charge in [0.2, 0.25) is 0 Å². The highest BCUT2D eigenvalue weighted by Gasteiger charge is 2.23. The molecule has 3 heteroatoms. The van der Waals surface area contributed by atoms with Crippen molar-refractivity contribution in [2.24, 2.45) is 0 Å². The fourth-order valence-electron chi connectivity index (χ4n) is 2.69. The van der Waals surface area contributed by atoms with E-state index in [9.17, 15) is 5.11 Å². The van der Waals surface area contributed by atoms with Crippen molar-refractivity contribution >= 4 is 5.69 Å². The van der Waals surface area contributed by atoms with Crippen LogP contribution < -0.4 is 4.90 Å². The highest BCUT2D eigenvalue weighted by atomic mass is 16.3. The van der Waals surface area contributed by atoms with Gasteiger partial charge in [-0.15, -0.1) is 0 Å². The lowest BCUT2D eigenvalue weighted by molar-refractivity contribution is 0.167. The minimum absolute atomic E-state index is 0.219. The highest BCUT2D eigenvalue weighted by Crippen LogP contribution is 2.27. The normalized spacial score (nSPS) is 22.5. The molecule has 0 radical (unpaired) electrons. The molecule has 1 saturated heterocycles. The Morgan fingerprint density at radius 3 is 3.06 bits per heavy atom. The molecule has 0 saturated carbocycles. The maximum absolute atomic E-state index is 9.58. The van der Waals surface area contributed by atoms with Crippen molar-refractivity contribution in [1.29, 1.82) is 0 Å². The molecule has 0 amide bonds. The van der Waals surface area contributed by atoms with Crippen LogP contribution in [0.4, 0.5) is 5.69 Å². The van der Waals surface area contributed by atoms with Crippen LogP contribution in [0.25, 0.3) is 0 Å². The van der Waals surface area contributed by atoms with E-state index in [4.69, 9.17) is 0 Å². The standard InChI is InChI=1S/C14H22N2O/c1-11-9-14(6-7-15-11)16-8-4-3-5-13(16)10-12(2)17/h6-7,9,12-13,17H,3-5,8,10H2,1-2H3. The fourth-order valence-corrected chi connectivity index (χ4v) is 2.69. The Labute approximate surface area is 103 Å². The predicted octanol–water partition coefficient (Wildman–Crippen LogP) is 2.52. The van der Waals surface area contributed by atoms with Gasteiger partial charge in [0.1, 0.15) is 0 Å². The molecule has 2 heterocycles. The van der Waals surface area contributed by atoms with Crippen LogP contribution in [0.3, 0.4) is 0 Å². The monoisotopic (exact) mass is 234 g/mol. The number of anilines is 1. The molecule has 2 unspecified atom stereocenters. The number of piperidine rings is 1. The number of aromatic nitrogens is 1. The van der Waals surface area contributed by atoms with Gasteiger partial charge >= 0.3 is 0 Å². The Hall–Kier alpha value is -1.09. The first-order valence-electron chi connectivity index (χ1n) is 6.54.